The van der Waals surface area contributed by atoms with Crippen molar-refractivity contribution in [2.24, 2.45) is 0 Å². The van der Waals surface area contributed by atoms with E-state index in [0.717, 1.165) is 112 Å². The predicted octanol–water partition coefficient (Wildman–Crippen LogP) is 15.9. The fourth-order valence-corrected chi connectivity index (χ4v) is 9.05. The minimum atomic E-state index is 0.665. The summed E-state index contributed by atoms with van der Waals surface area (Å²) >= 11 is 0. The number of pyridine rings is 1. The number of rotatable bonds is 10. The van der Waals surface area contributed by atoms with Crippen LogP contribution in [0.25, 0.3) is 112 Å². The fourth-order valence-electron chi connectivity index (χ4n) is 9.05. The van der Waals surface area contributed by atoms with Crippen molar-refractivity contribution in [3.05, 3.63) is 248 Å². The van der Waals surface area contributed by atoms with E-state index in [-0.39, 0.29) is 0 Å². The SMILES string of the molecule is Cc1ccc(-c2c(-c3cccc(-c4cc(-c5ccccc5)nc(-c5ccccc5)n4)c3)cccc2-c2ccccc2-c2cc(-c3cccc(-c4ccccc4)c3)nc(-c3ccccc3)n2)c(C)n1. The summed E-state index contributed by atoms with van der Waals surface area (Å²) in [6.45, 7) is 4.15. The molecule has 0 bridgehead atoms. The number of aromatic nitrogens is 5. The van der Waals surface area contributed by atoms with Gasteiger partial charge in [0.2, 0.25) is 0 Å². The third-order valence-corrected chi connectivity index (χ3v) is 12.4. The maximum Gasteiger partial charge on any atom is 0.160 e. The largest absolute Gasteiger partial charge is 0.258 e. The van der Waals surface area contributed by atoms with Gasteiger partial charge in [0.05, 0.1) is 22.8 Å². The number of hydrogen-bond acceptors (Lipinski definition) is 5. The van der Waals surface area contributed by atoms with Crippen molar-refractivity contribution in [3.8, 4) is 112 Å². The van der Waals surface area contributed by atoms with Crippen molar-refractivity contribution in [2.75, 3.05) is 0 Å². The van der Waals surface area contributed by atoms with Gasteiger partial charge in [-0.3, -0.25) is 4.98 Å². The molecule has 5 nitrogen and oxygen atoms in total. The van der Waals surface area contributed by atoms with Crippen molar-refractivity contribution in [2.45, 2.75) is 13.8 Å². The molecule has 68 heavy (non-hydrogen) atoms. The molecule has 0 aliphatic heterocycles. The maximum absolute atomic E-state index is 5.35. The van der Waals surface area contributed by atoms with Crippen LogP contribution >= 0.6 is 0 Å². The van der Waals surface area contributed by atoms with Gasteiger partial charge in [-0.05, 0) is 83.1 Å². The molecule has 0 atom stereocenters. The van der Waals surface area contributed by atoms with E-state index in [1.54, 1.807) is 0 Å². The lowest BCUT2D eigenvalue weighted by molar-refractivity contribution is 1.13. The smallest absolute Gasteiger partial charge is 0.160 e. The summed E-state index contributed by atoms with van der Waals surface area (Å²) in [6.07, 6.45) is 0. The van der Waals surface area contributed by atoms with Gasteiger partial charge in [-0.15, -0.1) is 0 Å². The Morgan fingerprint density at radius 3 is 1.25 bits per heavy atom. The maximum atomic E-state index is 5.35. The van der Waals surface area contributed by atoms with E-state index in [9.17, 15) is 0 Å². The van der Waals surface area contributed by atoms with Gasteiger partial charge < -0.3 is 0 Å². The van der Waals surface area contributed by atoms with E-state index in [1.807, 2.05) is 67.6 Å². The molecule has 0 saturated carbocycles. The lowest BCUT2D eigenvalue weighted by Gasteiger charge is -2.20. The normalized spacial score (nSPS) is 11.1. The Hall–Kier alpha value is -8.93. The highest BCUT2D eigenvalue weighted by Crippen LogP contribution is 2.45. The van der Waals surface area contributed by atoms with Gasteiger partial charge in [-0.2, -0.15) is 0 Å². The predicted molar refractivity (Wildman–Crippen MR) is 279 cm³/mol. The summed E-state index contributed by atoms with van der Waals surface area (Å²) in [4.78, 5) is 25.9. The molecule has 0 saturated heterocycles. The van der Waals surface area contributed by atoms with Gasteiger partial charge in [-0.25, -0.2) is 19.9 Å². The molecular weight excluding hydrogens is 827 g/mol. The highest BCUT2D eigenvalue weighted by molar-refractivity contribution is 5.99. The second-order valence-corrected chi connectivity index (χ2v) is 16.9. The van der Waals surface area contributed by atoms with Crippen molar-refractivity contribution in [1.82, 2.24) is 24.9 Å². The molecule has 3 aromatic heterocycles. The van der Waals surface area contributed by atoms with Gasteiger partial charge in [-0.1, -0.05) is 206 Å². The average Bonchev–Trinajstić information content (AvgIpc) is 3.41. The first-order valence-corrected chi connectivity index (χ1v) is 22.9. The zero-order valence-electron chi connectivity index (χ0n) is 37.8. The highest BCUT2D eigenvalue weighted by Gasteiger charge is 2.21. The van der Waals surface area contributed by atoms with Crippen LogP contribution in [0.3, 0.4) is 0 Å². The topological polar surface area (TPSA) is 64.5 Å². The van der Waals surface area contributed by atoms with Crippen LogP contribution in [0.5, 0.6) is 0 Å². The molecule has 0 radical (unpaired) electrons. The molecule has 5 heteroatoms. The first kappa shape index (κ1) is 41.8. The van der Waals surface area contributed by atoms with Crippen LogP contribution in [0.4, 0.5) is 0 Å². The Kier molecular flexibility index (Phi) is 11.4. The van der Waals surface area contributed by atoms with Crippen LogP contribution in [0, 0.1) is 13.8 Å². The lowest BCUT2D eigenvalue weighted by atomic mass is 9.84. The van der Waals surface area contributed by atoms with E-state index in [1.165, 1.54) is 0 Å². The number of nitrogens with zero attached hydrogens (tertiary/aromatic N) is 5. The van der Waals surface area contributed by atoms with Crippen LogP contribution in [0.1, 0.15) is 11.4 Å². The molecule has 11 rings (SSSR count). The van der Waals surface area contributed by atoms with Gasteiger partial charge in [0.25, 0.3) is 0 Å². The van der Waals surface area contributed by atoms with Gasteiger partial charge in [0.15, 0.2) is 11.6 Å². The lowest BCUT2D eigenvalue weighted by Crippen LogP contribution is -1.99. The van der Waals surface area contributed by atoms with Crippen molar-refractivity contribution < 1.29 is 0 Å². The standard InChI is InChI=1S/C63H45N5/c1-42-36-37-52(43(2)64-42)61-53(49-29-18-31-51(39-49)58-40-57(45-22-9-4-10-23-45)65-62(66-58)46-24-11-5-12-25-46)34-19-35-56(61)54-32-15-16-33-55(54)60-41-59(67-63(68-60)47-26-13-6-14-27-47)50-30-17-28-48(38-50)44-20-7-3-8-21-44/h3-41H,1-2H3. The third kappa shape index (κ3) is 8.53. The van der Waals surface area contributed by atoms with Crippen LogP contribution < -0.4 is 0 Å². The second-order valence-electron chi connectivity index (χ2n) is 16.9. The van der Waals surface area contributed by atoms with E-state index in [2.05, 4.69) is 183 Å². The van der Waals surface area contributed by atoms with Gasteiger partial charge in [0.1, 0.15) is 0 Å². The van der Waals surface area contributed by atoms with Gasteiger partial charge >= 0.3 is 0 Å². The Labute approximate surface area is 397 Å². The monoisotopic (exact) mass is 871 g/mol. The van der Waals surface area contributed by atoms with Crippen LogP contribution in [-0.2, 0) is 0 Å². The highest BCUT2D eigenvalue weighted by atomic mass is 14.9. The molecular formula is C63H45N5. The molecule has 0 unspecified atom stereocenters. The van der Waals surface area contributed by atoms with E-state index < -0.39 is 0 Å². The molecule has 8 aromatic carbocycles. The van der Waals surface area contributed by atoms with Crippen molar-refractivity contribution >= 4 is 0 Å². The Bertz CT molecular complexity index is 3510. The second kappa shape index (κ2) is 18.5. The summed E-state index contributed by atoms with van der Waals surface area (Å²) in [6, 6.07) is 82.3. The summed E-state index contributed by atoms with van der Waals surface area (Å²) in [7, 11) is 0. The van der Waals surface area contributed by atoms with Crippen LogP contribution in [0.2, 0.25) is 0 Å². The molecule has 0 amide bonds. The molecule has 0 spiro atoms. The molecule has 3 heterocycles. The Morgan fingerprint density at radius 2 is 0.647 bits per heavy atom. The number of benzene rings is 8. The van der Waals surface area contributed by atoms with Crippen LogP contribution in [0.15, 0.2) is 237 Å². The van der Waals surface area contributed by atoms with Crippen molar-refractivity contribution in [1.29, 1.82) is 0 Å². The average molecular weight is 872 g/mol. The molecule has 0 N–H and O–H groups in total. The minimum Gasteiger partial charge on any atom is -0.258 e. The van der Waals surface area contributed by atoms with E-state index >= 15 is 0 Å². The third-order valence-electron chi connectivity index (χ3n) is 12.4. The number of aryl methyl sites for hydroxylation is 2. The minimum absolute atomic E-state index is 0.665. The quantitative estimate of drug-likeness (QED) is 0.137. The summed E-state index contributed by atoms with van der Waals surface area (Å²) in [5.41, 5.74) is 20.0. The zero-order valence-corrected chi connectivity index (χ0v) is 37.8. The molecule has 0 aliphatic rings. The first-order valence-electron chi connectivity index (χ1n) is 22.9. The van der Waals surface area contributed by atoms with E-state index in [0.29, 0.717) is 11.6 Å². The molecule has 0 aliphatic carbocycles. The first-order chi connectivity index (χ1) is 33.5. The summed E-state index contributed by atoms with van der Waals surface area (Å²) in [5, 5.41) is 0. The van der Waals surface area contributed by atoms with Gasteiger partial charge in [0, 0.05) is 50.3 Å². The molecule has 11 aromatic rings. The summed E-state index contributed by atoms with van der Waals surface area (Å²) in [5.74, 6) is 1.35. The molecule has 322 valence electrons. The Balaban J connectivity index is 1.09. The molecule has 0 fully saturated rings. The van der Waals surface area contributed by atoms with Crippen LogP contribution in [-0.4, -0.2) is 24.9 Å². The summed E-state index contributed by atoms with van der Waals surface area (Å²) < 4.78 is 0. The van der Waals surface area contributed by atoms with E-state index in [4.69, 9.17) is 24.9 Å². The Morgan fingerprint density at radius 1 is 0.235 bits per heavy atom. The number of hydrogen-bond donors (Lipinski definition) is 0. The zero-order chi connectivity index (χ0) is 45.8. The fraction of sp³-hybridized carbons (Fsp3) is 0.0317. The van der Waals surface area contributed by atoms with Crippen molar-refractivity contribution in [3.63, 3.8) is 0 Å².